The van der Waals surface area contributed by atoms with Gasteiger partial charge in [-0.3, -0.25) is 0 Å². The lowest BCUT2D eigenvalue weighted by atomic mass is 10.1. The molecule has 3 aromatic heterocycles. The first-order chi connectivity index (χ1) is 17.4. The number of nitrogens with zero attached hydrogens (tertiary/aromatic N) is 7. The van der Waals surface area contributed by atoms with E-state index < -0.39 is 5.60 Å². The first-order valence-electron chi connectivity index (χ1n) is 12.4. The Kier molecular flexibility index (Phi) is 6.86. The second-order valence-electron chi connectivity index (χ2n) is 10.6. The van der Waals surface area contributed by atoms with Gasteiger partial charge in [-0.1, -0.05) is 0 Å². The number of hydrogen-bond acceptors (Lipinski definition) is 9. The molecule has 3 N–H and O–H groups in total. The number of aryl methyl sites for hydroxylation is 2. The highest BCUT2D eigenvalue weighted by molar-refractivity contribution is 5.81. The first kappa shape index (κ1) is 26.0. The highest BCUT2D eigenvalue weighted by atomic mass is 16.6. The van der Waals surface area contributed by atoms with Crippen LogP contribution in [-0.4, -0.2) is 62.3 Å². The summed E-state index contributed by atoms with van der Waals surface area (Å²) in [5.41, 5.74) is 9.85. The van der Waals surface area contributed by atoms with Crippen LogP contribution in [0.3, 0.4) is 0 Å². The minimum atomic E-state index is -0.551. The third-order valence-corrected chi connectivity index (χ3v) is 6.59. The summed E-state index contributed by atoms with van der Waals surface area (Å²) in [6, 6.07) is 6.00. The van der Waals surface area contributed by atoms with E-state index in [0.29, 0.717) is 23.6 Å². The van der Waals surface area contributed by atoms with Crippen molar-refractivity contribution in [2.45, 2.75) is 58.7 Å². The topological polar surface area (TPSA) is 138 Å². The summed E-state index contributed by atoms with van der Waals surface area (Å²) in [6.45, 7) is 10.7. The molecule has 11 nitrogen and oxygen atoms in total. The molecule has 0 bridgehead atoms. The molecule has 0 aliphatic carbocycles. The summed E-state index contributed by atoms with van der Waals surface area (Å²) in [7, 11) is 3.78. The van der Waals surface area contributed by atoms with Crippen LogP contribution in [0, 0.1) is 18.3 Å². The smallest absolute Gasteiger partial charge is 0.410 e. The maximum Gasteiger partial charge on any atom is 0.410 e. The number of nitrogens with one attached hydrogen (secondary N) is 1. The van der Waals surface area contributed by atoms with E-state index in [9.17, 15) is 10.1 Å². The van der Waals surface area contributed by atoms with Gasteiger partial charge in [0.15, 0.2) is 0 Å². The van der Waals surface area contributed by atoms with Crippen molar-refractivity contribution in [2.75, 3.05) is 36.1 Å². The Hall–Kier alpha value is -4.07. The summed E-state index contributed by atoms with van der Waals surface area (Å²) in [5.74, 6) is 0.482. The molecule has 1 amide bonds. The Labute approximate surface area is 217 Å². The monoisotopic (exact) mass is 505 g/mol. The summed E-state index contributed by atoms with van der Waals surface area (Å²) in [4.78, 5) is 30.0. The first-order valence-corrected chi connectivity index (χ1v) is 12.4. The van der Waals surface area contributed by atoms with Crippen molar-refractivity contribution in [1.82, 2.24) is 24.4 Å². The van der Waals surface area contributed by atoms with Gasteiger partial charge >= 0.3 is 6.09 Å². The second kappa shape index (κ2) is 9.76. The molecular formula is C26H35N9O2. The molecule has 196 valence electrons. The van der Waals surface area contributed by atoms with Crippen LogP contribution in [0.4, 0.5) is 22.2 Å². The molecular weight excluding hydrogens is 470 g/mol. The Balaban J connectivity index is 1.66. The lowest BCUT2D eigenvalue weighted by Gasteiger charge is -2.29. The lowest BCUT2D eigenvalue weighted by Crippen LogP contribution is -2.42. The number of nitrogen functional groups attached to an aromatic ring is 1. The number of hydrogen-bond donors (Lipinski definition) is 2. The summed E-state index contributed by atoms with van der Waals surface area (Å²) in [6.07, 6.45) is 2.46. The molecule has 0 spiro atoms. The molecule has 0 radical (unpaired) electrons. The number of aromatic nitrogens is 4. The Morgan fingerprint density at radius 3 is 2.76 bits per heavy atom. The van der Waals surface area contributed by atoms with Crippen LogP contribution in [0.25, 0.3) is 11.0 Å². The fourth-order valence-corrected chi connectivity index (χ4v) is 4.63. The lowest BCUT2D eigenvalue weighted by molar-refractivity contribution is 0.0238. The van der Waals surface area contributed by atoms with Crippen LogP contribution in [0.5, 0.6) is 0 Å². The van der Waals surface area contributed by atoms with Crippen molar-refractivity contribution < 1.29 is 9.53 Å². The number of amides is 1. The Morgan fingerprint density at radius 1 is 1.35 bits per heavy atom. The van der Waals surface area contributed by atoms with Crippen LogP contribution in [0.1, 0.15) is 57.1 Å². The van der Waals surface area contributed by atoms with E-state index in [1.807, 2.05) is 51.6 Å². The molecule has 1 aliphatic heterocycles. The molecule has 4 heterocycles. The summed E-state index contributed by atoms with van der Waals surface area (Å²) in [5, 5.41) is 13.0. The zero-order chi connectivity index (χ0) is 27.1. The van der Waals surface area contributed by atoms with E-state index in [1.165, 1.54) is 0 Å². The van der Waals surface area contributed by atoms with Gasteiger partial charge in [0.2, 0.25) is 5.95 Å². The number of anilines is 3. The zero-order valence-corrected chi connectivity index (χ0v) is 22.5. The minimum absolute atomic E-state index is 0.00424. The van der Waals surface area contributed by atoms with Gasteiger partial charge in [-0.2, -0.15) is 10.2 Å². The Bertz CT molecular complexity index is 1370. The number of fused-ring (bicyclic) bond motifs is 1. The van der Waals surface area contributed by atoms with E-state index >= 15 is 0 Å². The maximum atomic E-state index is 12.7. The molecule has 1 fully saturated rings. The zero-order valence-electron chi connectivity index (χ0n) is 22.5. The fourth-order valence-electron chi connectivity index (χ4n) is 4.63. The molecule has 0 saturated carbocycles. The molecule has 1 aliphatic rings. The van der Waals surface area contributed by atoms with Crippen molar-refractivity contribution in [1.29, 1.82) is 5.26 Å². The SMILES string of the molecule is Cc1nc(N)nc(N[C@@H](C)c2nc3ccn(C)c3cc2N2CC[C@H](N(C)C(=O)OC(C)(C)C)C2)c1C#N. The molecule has 11 heteroatoms. The van der Waals surface area contributed by atoms with E-state index in [2.05, 4.69) is 32.3 Å². The number of nitriles is 1. The standard InChI is InChI=1S/C26H35N9O2/c1-15-18(13-27)23(32-24(28)30-15)29-16(2)22-21(12-20-19(31-22)9-10-33(20)6)35-11-8-17(14-35)34(7)25(36)37-26(3,4)5/h9-10,12,16-17H,8,11,14H2,1-7H3,(H3,28,29,30,32)/t16-,17-/m0/s1. The number of nitrogens with two attached hydrogens (primary N) is 1. The van der Waals surface area contributed by atoms with Crippen LogP contribution in [0.2, 0.25) is 0 Å². The Morgan fingerprint density at radius 2 is 2.08 bits per heavy atom. The summed E-state index contributed by atoms with van der Waals surface area (Å²) < 4.78 is 7.62. The quantitative estimate of drug-likeness (QED) is 0.531. The van der Waals surface area contributed by atoms with Gasteiger partial charge in [0.05, 0.1) is 40.2 Å². The number of carbonyl (C=O) groups is 1. The van der Waals surface area contributed by atoms with Crippen molar-refractivity contribution in [3.8, 4) is 6.07 Å². The molecule has 37 heavy (non-hydrogen) atoms. The van der Waals surface area contributed by atoms with Gasteiger partial charge in [-0.05, 0) is 53.2 Å². The highest BCUT2D eigenvalue weighted by Crippen LogP contribution is 2.34. The molecule has 2 atom stereocenters. The number of ether oxygens (including phenoxy) is 1. The van der Waals surface area contributed by atoms with Crippen LogP contribution in [0.15, 0.2) is 18.3 Å². The van der Waals surface area contributed by atoms with E-state index in [1.54, 1.807) is 18.9 Å². The average Bonchev–Trinajstić information content (AvgIpc) is 3.43. The highest BCUT2D eigenvalue weighted by Gasteiger charge is 2.33. The van der Waals surface area contributed by atoms with Gasteiger partial charge in [0, 0.05) is 33.4 Å². The number of pyridine rings is 1. The minimum Gasteiger partial charge on any atom is -0.444 e. The van der Waals surface area contributed by atoms with Crippen LogP contribution >= 0.6 is 0 Å². The van der Waals surface area contributed by atoms with Crippen molar-refractivity contribution in [3.05, 3.63) is 35.3 Å². The van der Waals surface area contributed by atoms with E-state index in [4.69, 9.17) is 15.5 Å². The number of rotatable bonds is 5. The molecule has 4 rings (SSSR count). The van der Waals surface area contributed by atoms with Gasteiger partial charge in [-0.15, -0.1) is 0 Å². The van der Waals surface area contributed by atoms with Crippen LogP contribution in [-0.2, 0) is 11.8 Å². The van der Waals surface area contributed by atoms with Gasteiger partial charge in [0.1, 0.15) is 23.1 Å². The predicted molar refractivity (Wildman–Crippen MR) is 143 cm³/mol. The average molecular weight is 506 g/mol. The van der Waals surface area contributed by atoms with Crippen molar-refractivity contribution in [2.24, 2.45) is 7.05 Å². The summed E-state index contributed by atoms with van der Waals surface area (Å²) >= 11 is 0. The third kappa shape index (κ3) is 5.38. The largest absolute Gasteiger partial charge is 0.444 e. The van der Waals surface area contributed by atoms with Crippen LogP contribution < -0.4 is 16.0 Å². The van der Waals surface area contributed by atoms with Gasteiger partial charge in [-0.25, -0.2) is 14.8 Å². The third-order valence-electron chi connectivity index (χ3n) is 6.59. The van der Waals surface area contributed by atoms with Gasteiger partial charge in [0.25, 0.3) is 0 Å². The predicted octanol–water partition coefficient (Wildman–Crippen LogP) is 3.74. The fraction of sp³-hybridized carbons (Fsp3) is 0.500. The molecule has 0 aromatic carbocycles. The molecule has 3 aromatic rings. The van der Waals surface area contributed by atoms with Gasteiger partial charge < -0.3 is 30.2 Å². The van der Waals surface area contributed by atoms with E-state index in [-0.39, 0.29) is 24.1 Å². The van der Waals surface area contributed by atoms with E-state index in [0.717, 1.165) is 35.4 Å². The second-order valence-corrected chi connectivity index (χ2v) is 10.6. The normalized spacial score (nSPS) is 16.5. The number of likely N-dealkylation sites (N-methyl/N-ethyl adjacent to an activating group) is 1. The number of carbonyl (C=O) groups excluding carboxylic acids is 1. The molecule has 1 saturated heterocycles. The maximum absolute atomic E-state index is 12.7. The molecule has 0 unspecified atom stereocenters. The van der Waals surface area contributed by atoms with Crippen molar-refractivity contribution >= 4 is 34.6 Å². The van der Waals surface area contributed by atoms with Crippen molar-refractivity contribution in [3.63, 3.8) is 0 Å².